The van der Waals surface area contributed by atoms with Crippen LogP contribution in [-0.2, 0) is 6.42 Å². The van der Waals surface area contributed by atoms with E-state index in [9.17, 15) is 0 Å². The van der Waals surface area contributed by atoms with Gasteiger partial charge in [0, 0.05) is 6.42 Å². The van der Waals surface area contributed by atoms with Crippen molar-refractivity contribution in [3.63, 3.8) is 0 Å². The van der Waals surface area contributed by atoms with Crippen molar-refractivity contribution in [1.29, 1.82) is 0 Å². The molecule has 1 aromatic heterocycles. The van der Waals surface area contributed by atoms with Crippen LogP contribution < -0.4 is 5.32 Å². The molecule has 1 N–H and O–H groups in total. The van der Waals surface area contributed by atoms with Gasteiger partial charge in [-0.2, -0.15) is 0 Å². The van der Waals surface area contributed by atoms with E-state index < -0.39 is 0 Å². The van der Waals surface area contributed by atoms with Gasteiger partial charge in [0.25, 0.3) is 0 Å². The highest BCUT2D eigenvalue weighted by molar-refractivity contribution is 5.40. The fraction of sp³-hybridized carbons (Fsp3) is 0.412. The van der Waals surface area contributed by atoms with E-state index in [4.69, 9.17) is 4.42 Å². The first kappa shape index (κ1) is 13.9. The molecule has 2 nitrogen and oxygen atoms in total. The lowest BCUT2D eigenvalue weighted by Crippen LogP contribution is -2.23. The Hall–Kier alpha value is -1.54. The largest absolute Gasteiger partial charge is 0.464 e. The van der Waals surface area contributed by atoms with Gasteiger partial charge in [-0.05, 0) is 49.2 Å². The lowest BCUT2D eigenvalue weighted by molar-refractivity contribution is 0.424. The van der Waals surface area contributed by atoms with Crippen LogP contribution in [0.2, 0.25) is 0 Å². The highest BCUT2D eigenvalue weighted by atomic mass is 16.3. The number of aryl methyl sites for hydroxylation is 3. The van der Waals surface area contributed by atoms with Crippen LogP contribution >= 0.6 is 0 Å². The van der Waals surface area contributed by atoms with Gasteiger partial charge in [-0.1, -0.05) is 32.0 Å². The van der Waals surface area contributed by atoms with Crippen molar-refractivity contribution in [2.75, 3.05) is 6.54 Å². The molecule has 1 atom stereocenters. The lowest BCUT2D eigenvalue weighted by Gasteiger charge is -2.20. The smallest absolute Gasteiger partial charge is 0.125 e. The monoisotopic (exact) mass is 257 g/mol. The summed E-state index contributed by atoms with van der Waals surface area (Å²) in [6.07, 6.45) is 0.936. The molecular formula is C17H23NO. The number of nitrogens with one attached hydrogen (secondary N) is 1. The maximum Gasteiger partial charge on any atom is 0.125 e. The normalized spacial score (nSPS) is 12.6. The Morgan fingerprint density at radius 2 is 1.74 bits per heavy atom. The van der Waals surface area contributed by atoms with Gasteiger partial charge in [0.1, 0.15) is 11.5 Å². The van der Waals surface area contributed by atoms with Gasteiger partial charge < -0.3 is 9.73 Å². The SMILES string of the molecule is CCNC(c1ccc(CC)o1)c1c(C)cccc1C. The highest BCUT2D eigenvalue weighted by Gasteiger charge is 2.20. The first-order chi connectivity index (χ1) is 9.17. The summed E-state index contributed by atoms with van der Waals surface area (Å²) in [5.41, 5.74) is 3.95. The van der Waals surface area contributed by atoms with E-state index in [0.29, 0.717) is 0 Å². The van der Waals surface area contributed by atoms with Gasteiger partial charge in [0.05, 0.1) is 6.04 Å². The second kappa shape index (κ2) is 6.07. The molecule has 0 aliphatic carbocycles. The molecule has 2 heteroatoms. The third kappa shape index (κ3) is 2.90. The molecule has 1 heterocycles. The molecule has 2 aromatic rings. The summed E-state index contributed by atoms with van der Waals surface area (Å²) >= 11 is 0. The molecule has 0 saturated carbocycles. The van der Waals surface area contributed by atoms with Gasteiger partial charge in [0.15, 0.2) is 0 Å². The lowest BCUT2D eigenvalue weighted by atomic mass is 9.94. The Balaban J connectivity index is 2.45. The number of hydrogen-bond donors (Lipinski definition) is 1. The molecule has 0 aliphatic heterocycles. The molecule has 0 radical (unpaired) electrons. The van der Waals surface area contributed by atoms with Crippen LogP contribution in [0.25, 0.3) is 0 Å². The summed E-state index contributed by atoms with van der Waals surface area (Å²) in [5, 5.41) is 3.54. The van der Waals surface area contributed by atoms with Crippen LogP contribution in [0, 0.1) is 13.8 Å². The average molecular weight is 257 g/mol. The van der Waals surface area contributed by atoms with E-state index >= 15 is 0 Å². The summed E-state index contributed by atoms with van der Waals surface area (Å²) < 4.78 is 5.95. The van der Waals surface area contributed by atoms with Crippen LogP contribution in [0.3, 0.4) is 0 Å². The van der Waals surface area contributed by atoms with Gasteiger partial charge in [-0.25, -0.2) is 0 Å². The summed E-state index contributed by atoms with van der Waals surface area (Å²) in [6, 6.07) is 10.8. The molecular weight excluding hydrogens is 234 g/mol. The second-order valence-corrected chi connectivity index (χ2v) is 4.95. The van der Waals surface area contributed by atoms with Crippen molar-refractivity contribution in [3.8, 4) is 0 Å². The Kier molecular flexibility index (Phi) is 4.43. The second-order valence-electron chi connectivity index (χ2n) is 4.95. The maximum atomic E-state index is 5.95. The van der Waals surface area contributed by atoms with Crippen LogP contribution in [0.1, 0.15) is 48.1 Å². The standard InChI is InChI=1S/C17H23NO/c1-5-14-10-11-15(19-14)17(18-6-2)16-12(3)8-7-9-13(16)4/h7-11,17-18H,5-6H2,1-4H3. The molecule has 102 valence electrons. The van der Waals surface area contributed by atoms with Crippen molar-refractivity contribution in [2.45, 2.75) is 40.2 Å². The number of hydrogen-bond acceptors (Lipinski definition) is 2. The average Bonchev–Trinajstić information content (AvgIpc) is 2.86. The van der Waals surface area contributed by atoms with Crippen molar-refractivity contribution >= 4 is 0 Å². The van der Waals surface area contributed by atoms with Crippen LogP contribution in [0.5, 0.6) is 0 Å². The molecule has 0 amide bonds. The Morgan fingerprint density at radius 3 is 2.26 bits per heavy atom. The van der Waals surface area contributed by atoms with Gasteiger partial charge in [0.2, 0.25) is 0 Å². The molecule has 0 aliphatic rings. The van der Waals surface area contributed by atoms with Crippen LogP contribution in [0.4, 0.5) is 0 Å². The highest BCUT2D eigenvalue weighted by Crippen LogP contribution is 2.29. The Bertz CT molecular complexity index is 522. The predicted octanol–water partition coefficient (Wildman–Crippen LogP) is 4.16. The Labute approximate surface area is 115 Å². The van der Waals surface area contributed by atoms with E-state index in [2.05, 4.69) is 63.3 Å². The van der Waals surface area contributed by atoms with Crippen molar-refractivity contribution in [1.82, 2.24) is 5.32 Å². The first-order valence-corrected chi connectivity index (χ1v) is 7.05. The fourth-order valence-electron chi connectivity index (χ4n) is 2.57. The minimum absolute atomic E-state index is 0.145. The summed E-state index contributed by atoms with van der Waals surface area (Å²) in [5.74, 6) is 2.06. The molecule has 0 spiro atoms. The van der Waals surface area contributed by atoms with E-state index in [0.717, 1.165) is 24.5 Å². The summed E-state index contributed by atoms with van der Waals surface area (Å²) in [7, 11) is 0. The predicted molar refractivity (Wildman–Crippen MR) is 79.5 cm³/mol. The number of benzene rings is 1. The quantitative estimate of drug-likeness (QED) is 0.870. The minimum atomic E-state index is 0.145. The van der Waals surface area contributed by atoms with Gasteiger partial charge in [-0.15, -0.1) is 0 Å². The van der Waals surface area contributed by atoms with E-state index in [-0.39, 0.29) is 6.04 Å². The molecule has 19 heavy (non-hydrogen) atoms. The summed E-state index contributed by atoms with van der Waals surface area (Å²) in [6.45, 7) is 9.49. The van der Waals surface area contributed by atoms with Crippen molar-refractivity contribution < 1.29 is 4.42 Å². The molecule has 1 aromatic carbocycles. The summed E-state index contributed by atoms with van der Waals surface area (Å²) in [4.78, 5) is 0. The van der Waals surface area contributed by atoms with E-state index in [1.54, 1.807) is 0 Å². The number of rotatable bonds is 5. The fourth-order valence-corrected chi connectivity index (χ4v) is 2.57. The third-order valence-corrected chi connectivity index (χ3v) is 3.55. The molecule has 0 bridgehead atoms. The van der Waals surface area contributed by atoms with Crippen LogP contribution in [-0.4, -0.2) is 6.54 Å². The zero-order chi connectivity index (χ0) is 13.8. The van der Waals surface area contributed by atoms with Crippen molar-refractivity contribution in [2.24, 2.45) is 0 Å². The molecule has 0 saturated heterocycles. The molecule has 0 fully saturated rings. The van der Waals surface area contributed by atoms with Crippen molar-refractivity contribution in [3.05, 3.63) is 58.5 Å². The van der Waals surface area contributed by atoms with Crippen LogP contribution in [0.15, 0.2) is 34.7 Å². The topological polar surface area (TPSA) is 25.2 Å². The zero-order valence-electron chi connectivity index (χ0n) is 12.3. The Morgan fingerprint density at radius 1 is 1.05 bits per heavy atom. The van der Waals surface area contributed by atoms with Gasteiger partial charge in [-0.3, -0.25) is 0 Å². The van der Waals surface area contributed by atoms with Gasteiger partial charge >= 0.3 is 0 Å². The number of furan rings is 1. The van der Waals surface area contributed by atoms with E-state index in [1.165, 1.54) is 16.7 Å². The minimum Gasteiger partial charge on any atom is -0.464 e. The molecule has 1 unspecified atom stereocenters. The van der Waals surface area contributed by atoms with E-state index in [1.807, 2.05) is 0 Å². The maximum absolute atomic E-state index is 5.95. The third-order valence-electron chi connectivity index (χ3n) is 3.55. The first-order valence-electron chi connectivity index (χ1n) is 7.05. The molecule has 2 rings (SSSR count). The zero-order valence-corrected chi connectivity index (χ0v) is 12.3.